The highest BCUT2D eigenvalue weighted by molar-refractivity contribution is 6.04. The summed E-state index contributed by atoms with van der Waals surface area (Å²) in [7, 11) is 0. The third kappa shape index (κ3) is 3.66. The molecule has 0 fully saturated rings. The van der Waals surface area contributed by atoms with E-state index >= 15 is 0 Å². The first-order valence-electron chi connectivity index (χ1n) is 7.58. The molecule has 0 saturated carbocycles. The minimum Gasteiger partial charge on any atom is -0.305 e. The van der Waals surface area contributed by atoms with Gasteiger partial charge in [-0.05, 0) is 31.0 Å². The van der Waals surface area contributed by atoms with Crippen molar-refractivity contribution in [3.8, 4) is 0 Å². The first-order chi connectivity index (χ1) is 11.1. The molecule has 0 aliphatic rings. The number of hydrogen-bond donors (Lipinski definition) is 1. The molecular weight excluding hydrogens is 286 g/mol. The number of aromatic nitrogens is 2. The molecule has 0 spiro atoms. The number of carbonyl (C=O) groups excluding carboxylic acids is 1. The fourth-order valence-corrected chi connectivity index (χ4v) is 2.41. The fraction of sp³-hybridized carbons (Fsp3) is 0.158. The van der Waals surface area contributed by atoms with Crippen molar-refractivity contribution in [2.75, 3.05) is 5.32 Å². The van der Waals surface area contributed by atoms with Crippen LogP contribution in [0.2, 0.25) is 0 Å². The summed E-state index contributed by atoms with van der Waals surface area (Å²) in [4.78, 5) is 12.3. The highest BCUT2D eigenvalue weighted by atomic mass is 16.1. The molecule has 3 aromatic rings. The van der Waals surface area contributed by atoms with Gasteiger partial charge in [0.2, 0.25) is 0 Å². The lowest BCUT2D eigenvalue weighted by molar-refractivity contribution is 0.102. The molecular formula is C19H19N3O. The van der Waals surface area contributed by atoms with Crippen molar-refractivity contribution in [2.24, 2.45) is 0 Å². The van der Waals surface area contributed by atoms with Crippen molar-refractivity contribution >= 4 is 11.7 Å². The Kier molecular flexibility index (Phi) is 4.24. The van der Waals surface area contributed by atoms with Crippen LogP contribution < -0.4 is 5.32 Å². The number of aryl methyl sites for hydroxylation is 2. The summed E-state index contributed by atoms with van der Waals surface area (Å²) in [5, 5.41) is 7.25. The molecule has 0 saturated heterocycles. The number of amides is 1. The van der Waals surface area contributed by atoms with Crippen LogP contribution in [-0.4, -0.2) is 15.7 Å². The van der Waals surface area contributed by atoms with Crippen LogP contribution in [0, 0.1) is 13.8 Å². The maximum absolute atomic E-state index is 12.3. The fourth-order valence-electron chi connectivity index (χ4n) is 2.41. The first kappa shape index (κ1) is 15.0. The minimum absolute atomic E-state index is 0.135. The van der Waals surface area contributed by atoms with Gasteiger partial charge in [0.15, 0.2) is 5.82 Å². The molecule has 1 N–H and O–H groups in total. The molecule has 0 aliphatic heterocycles. The van der Waals surface area contributed by atoms with Gasteiger partial charge in [-0.1, -0.05) is 48.0 Å². The van der Waals surface area contributed by atoms with Crippen molar-refractivity contribution in [3.05, 3.63) is 83.0 Å². The normalized spacial score (nSPS) is 10.5. The lowest BCUT2D eigenvalue weighted by Crippen LogP contribution is -2.14. The van der Waals surface area contributed by atoms with Crippen LogP contribution in [0.25, 0.3) is 0 Å². The maximum Gasteiger partial charge on any atom is 0.257 e. The van der Waals surface area contributed by atoms with E-state index in [4.69, 9.17) is 0 Å². The SMILES string of the molecule is Cc1ccc(Cn2ccc(NC(=O)c3ccccc3C)n2)cc1. The van der Waals surface area contributed by atoms with Gasteiger partial charge in [-0.25, -0.2) is 0 Å². The molecule has 2 aromatic carbocycles. The number of anilines is 1. The Balaban J connectivity index is 1.69. The summed E-state index contributed by atoms with van der Waals surface area (Å²) in [6, 6.07) is 17.7. The smallest absolute Gasteiger partial charge is 0.257 e. The lowest BCUT2D eigenvalue weighted by Gasteiger charge is -2.05. The highest BCUT2D eigenvalue weighted by Gasteiger charge is 2.10. The average molecular weight is 305 g/mol. The van der Waals surface area contributed by atoms with Gasteiger partial charge in [-0.2, -0.15) is 5.10 Å². The standard InChI is InChI=1S/C19H19N3O/c1-14-7-9-16(10-8-14)13-22-12-11-18(21-22)20-19(23)17-6-4-3-5-15(17)2/h3-12H,13H2,1-2H3,(H,20,21,23). The number of nitrogens with zero attached hydrogens (tertiary/aromatic N) is 2. The number of benzene rings is 2. The maximum atomic E-state index is 12.3. The van der Waals surface area contributed by atoms with E-state index in [1.54, 1.807) is 0 Å². The summed E-state index contributed by atoms with van der Waals surface area (Å²) in [6.45, 7) is 4.67. The molecule has 116 valence electrons. The van der Waals surface area contributed by atoms with Crippen molar-refractivity contribution in [3.63, 3.8) is 0 Å². The second kappa shape index (κ2) is 6.48. The van der Waals surface area contributed by atoms with Crippen LogP contribution in [0.4, 0.5) is 5.82 Å². The molecule has 0 atom stereocenters. The number of nitrogens with one attached hydrogen (secondary N) is 1. The molecule has 3 rings (SSSR count). The minimum atomic E-state index is -0.135. The third-order valence-electron chi connectivity index (χ3n) is 3.74. The average Bonchev–Trinajstić information content (AvgIpc) is 2.97. The molecule has 23 heavy (non-hydrogen) atoms. The zero-order valence-corrected chi connectivity index (χ0v) is 13.3. The van der Waals surface area contributed by atoms with Crippen molar-refractivity contribution in [2.45, 2.75) is 20.4 Å². The first-order valence-corrected chi connectivity index (χ1v) is 7.58. The van der Waals surface area contributed by atoms with Gasteiger partial charge >= 0.3 is 0 Å². The van der Waals surface area contributed by atoms with Gasteiger partial charge in [0.05, 0.1) is 6.54 Å². The second-order valence-corrected chi connectivity index (χ2v) is 5.65. The Morgan fingerprint density at radius 3 is 2.52 bits per heavy atom. The van der Waals surface area contributed by atoms with Gasteiger partial charge in [-0.3, -0.25) is 9.48 Å². The zero-order valence-electron chi connectivity index (χ0n) is 13.3. The topological polar surface area (TPSA) is 46.9 Å². The summed E-state index contributed by atoms with van der Waals surface area (Å²) >= 11 is 0. The Bertz CT molecular complexity index is 819. The Labute approximate surface area is 135 Å². The number of hydrogen-bond acceptors (Lipinski definition) is 2. The highest BCUT2D eigenvalue weighted by Crippen LogP contribution is 2.12. The van der Waals surface area contributed by atoms with Crippen molar-refractivity contribution in [1.29, 1.82) is 0 Å². The van der Waals surface area contributed by atoms with Crippen LogP contribution in [0.15, 0.2) is 60.8 Å². The molecule has 0 bridgehead atoms. The van der Waals surface area contributed by atoms with E-state index < -0.39 is 0 Å². The largest absolute Gasteiger partial charge is 0.305 e. The van der Waals surface area contributed by atoms with Gasteiger partial charge in [0.25, 0.3) is 5.91 Å². The molecule has 1 amide bonds. The molecule has 4 heteroatoms. The predicted octanol–water partition coefficient (Wildman–Crippen LogP) is 3.80. The van der Waals surface area contributed by atoms with Crippen LogP contribution in [0.1, 0.15) is 27.0 Å². The second-order valence-electron chi connectivity index (χ2n) is 5.65. The Hall–Kier alpha value is -2.88. The van der Waals surface area contributed by atoms with Crippen molar-refractivity contribution < 1.29 is 4.79 Å². The predicted molar refractivity (Wildman–Crippen MR) is 91.6 cm³/mol. The van der Waals surface area contributed by atoms with E-state index in [-0.39, 0.29) is 5.91 Å². The van der Waals surface area contributed by atoms with Gasteiger partial charge in [0, 0.05) is 17.8 Å². The number of rotatable bonds is 4. The van der Waals surface area contributed by atoms with Crippen LogP contribution in [0.5, 0.6) is 0 Å². The lowest BCUT2D eigenvalue weighted by atomic mass is 10.1. The van der Waals surface area contributed by atoms with E-state index in [0.717, 1.165) is 5.56 Å². The van der Waals surface area contributed by atoms with Gasteiger partial charge < -0.3 is 5.32 Å². The summed E-state index contributed by atoms with van der Waals surface area (Å²) < 4.78 is 1.82. The summed E-state index contributed by atoms with van der Waals surface area (Å²) in [5.41, 5.74) is 4.03. The zero-order chi connectivity index (χ0) is 16.2. The molecule has 1 heterocycles. The van der Waals surface area contributed by atoms with Crippen LogP contribution in [0.3, 0.4) is 0 Å². The molecule has 0 aliphatic carbocycles. The van der Waals surface area contributed by atoms with Crippen LogP contribution >= 0.6 is 0 Å². The third-order valence-corrected chi connectivity index (χ3v) is 3.74. The molecule has 0 radical (unpaired) electrons. The van der Waals surface area contributed by atoms with Gasteiger partial charge in [0.1, 0.15) is 0 Å². The van der Waals surface area contributed by atoms with Crippen molar-refractivity contribution in [1.82, 2.24) is 9.78 Å². The summed E-state index contributed by atoms with van der Waals surface area (Å²) in [5.74, 6) is 0.425. The number of carbonyl (C=O) groups is 1. The molecule has 4 nitrogen and oxygen atoms in total. The Morgan fingerprint density at radius 1 is 1.04 bits per heavy atom. The van der Waals surface area contributed by atoms with E-state index in [1.807, 2.05) is 48.1 Å². The van der Waals surface area contributed by atoms with E-state index in [1.165, 1.54) is 11.1 Å². The monoisotopic (exact) mass is 305 g/mol. The van der Waals surface area contributed by atoms with E-state index in [0.29, 0.717) is 17.9 Å². The van der Waals surface area contributed by atoms with Crippen LogP contribution in [-0.2, 0) is 6.54 Å². The van der Waals surface area contributed by atoms with Gasteiger partial charge in [-0.15, -0.1) is 0 Å². The summed E-state index contributed by atoms with van der Waals surface area (Å²) in [6.07, 6.45) is 1.87. The quantitative estimate of drug-likeness (QED) is 0.797. The van der Waals surface area contributed by atoms with E-state index in [9.17, 15) is 4.79 Å². The van der Waals surface area contributed by atoms with E-state index in [2.05, 4.69) is 41.6 Å². The molecule has 1 aromatic heterocycles. The Morgan fingerprint density at radius 2 is 1.78 bits per heavy atom. The molecule has 0 unspecified atom stereocenters.